The molecule has 1 unspecified atom stereocenters. The molecule has 7 rings (SSSR count). The number of fused-ring (bicyclic) bond motifs is 1. The molecule has 58 heavy (non-hydrogen) atoms. The molecule has 0 bridgehead atoms. The molecule has 2 N–H and O–H groups in total. The predicted molar refractivity (Wildman–Crippen MR) is 210 cm³/mol. The topological polar surface area (TPSA) is 171 Å². The highest BCUT2D eigenvalue weighted by Crippen LogP contribution is 2.35. The van der Waals surface area contributed by atoms with Crippen molar-refractivity contribution < 1.29 is 32.3 Å². The molecule has 308 valence electrons. The van der Waals surface area contributed by atoms with Crippen molar-refractivity contribution in [3.63, 3.8) is 0 Å². The minimum absolute atomic E-state index is 0.0323. The van der Waals surface area contributed by atoms with Crippen LogP contribution in [0, 0.1) is 12.8 Å². The van der Waals surface area contributed by atoms with Gasteiger partial charge in [-0.25, -0.2) is 18.6 Å². The van der Waals surface area contributed by atoms with E-state index in [1.54, 1.807) is 34.6 Å². The first kappa shape index (κ1) is 40.6. The molecule has 1 aliphatic carbocycles. The van der Waals surface area contributed by atoms with Gasteiger partial charge in [0, 0.05) is 63.4 Å². The lowest BCUT2D eigenvalue weighted by atomic mass is 9.86. The normalized spacial score (nSPS) is 18.7. The Labute approximate surface area is 333 Å². The summed E-state index contributed by atoms with van der Waals surface area (Å²) in [6.45, 7) is 4.83. The van der Waals surface area contributed by atoms with Gasteiger partial charge in [-0.05, 0) is 95.0 Å². The number of nitrogens with one attached hydrogen (secondary N) is 2. The molecule has 1 aliphatic heterocycles. The van der Waals surface area contributed by atoms with E-state index >= 15 is 0 Å². The SMILES string of the molecule is Cc1cc(-c2nc(C(=O)Nc3cn(C4CCC(CN(C)CCCOCCCc5cccc6c5n(C)c(=O)n6C5CCC(=O)NC5=O)CC4)nc3C(F)F)co2)ccn1. The fourth-order valence-electron chi connectivity index (χ4n) is 8.20. The Morgan fingerprint density at radius 2 is 1.90 bits per heavy atom. The molecule has 5 heterocycles. The summed E-state index contributed by atoms with van der Waals surface area (Å²) in [5, 5.41) is 9.11. The van der Waals surface area contributed by atoms with Crippen LogP contribution in [-0.4, -0.2) is 84.9 Å². The van der Waals surface area contributed by atoms with Crippen LogP contribution in [0.1, 0.15) is 97.3 Å². The van der Waals surface area contributed by atoms with Crippen LogP contribution < -0.4 is 16.3 Å². The van der Waals surface area contributed by atoms with E-state index in [-0.39, 0.29) is 41.3 Å². The summed E-state index contributed by atoms with van der Waals surface area (Å²) in [7, 11) is 3.81. The number of imide groups is 1. The fourth-order valence-corrected chi connectivity index (χ4v) is 8.20. The van der Waals surface area contributed by atoms with Gasteiger partial charge in [-0.15, -0.1) is 0 Å². The second-order valence-corrected chi connectivity index (χ2v) is 15.4. The Balaban J connectivity index is 0.824. The van der Waals surface area contributed by atoms with Crippen LogP contribution in [0.25, 0.3) is 22.5 Å². The molecular formula is C41H49F2N9O6. The van der Waals surface area contributed by atoms with Crippen molar-refractivity contribution in [1.82, 2.24) is 39.1 Å². The van der Waals surface area contributed by atoms with Gasteiger partial charge in [0.1, 0.15) is 12.3 Å². The second kappa shape index (κ2) is 17.9. The average molecular weight is 802 g/mol. The van der Waals surface area contributed by atoms with Crippen LogP contribution >= 0.6 is 0 Å². The minimum Gasteiger partial charge on any atom is -0.444 e. The Morgan fingerprint density at radius 1 is 1.10 bits per heavy atom. The molecule has 3 amide bonds. The molecule has 4 aromatic heterocycles. The molecule has 1 saturated carbocycles. The highest BCUT2D eigenvalue weighted by molar-refractivity contribution is 6.03. The van der Waals surface area contributed by atoms with E-state index in [1.165, 1.54) is 17.0 Å². The Kier molecular flexibility index (Phi) is 12.6. The molecule has 2 aliphatic rings. The summed E-state index contributed by atoms with van der Waals surface area (Å²) in [6, 6.07) is 8.44. The maximum absolute atomic E-state index is 14.0. The molecule has 1 aromatic carbocycles. The molecule has 17 heteroatoms. The van der Waals surface area contributed by atoms with Crippen molar-refractivity contribution in [1.29, 1.82) is 0 Å². The van der Waals surface area contributed by atoms with Crippen molar-refractivity contribution in [3.8, 4) is 11.5 Å². The fraction of sp³-hybridized carbons (Fsp3) is 0.488. The van der Waals surface area contributed by atoms with E-state index in [0.29, 0.717) is 43.1 Å². The highest BCUT2D eigenvalue weighted by atomic mass is 19.3. The monoisotopic (exact) mass is 801 g/mol. The molecule has 5 aromatic rings. The third-order valence-electron chi connectivity index (χ3n) is 11.1. The number of ether oxygens (including phenoxy) is 1. The zero-order valence-electron chi connectivity index (χ0n) is 33.0. The van der Waals surface area contributed by atoms with Crippen molar-refractivity contribution in [2.45, 2.75) is 83.2 Å². The number of oxazole rings is 1. The summed E-state index contributed by atoms with van der Waals surface area (Å²) in [6.07, 6.45) is 7.74. The number of alkyl halides is 2. The van der Waals surface area contributed by atoms with Crippen LogP contribution in [-0.2, 0) is 27.8 Å². The van der Waals surface area contributed by atoms with E-state index in [4.69, 9.17) is 9.15 Å². The first-order valence-electron chi connectivity index (χ1n) is 19.8. The summed E-state index contributed by atoms with van der Waals surface area (Å²) in [5.74, 6) is -0.728. The van der Waals surface area contributed by atoms with E-state index in [1.807, 2.05) is 25.1 Å². The largest absolute Gasteiger partial charge is 0.444 e. The van der Waals surface area contributed by atoms with Crippen LogP contribution in [0.4, 0.5) is 14.5 Å². The van der Waals surface area contributed by atoms with Crippen LogP contribution in [0.3, 0.4) is 0 Å². The van der Waals surface area contributed by atoms with E-state index < -0.39 is 30.0 Å². The minimum atomic E-state index is -2.86. The first-order valence-corrected chi connectivity index (χ1v) is 19.8. The van der Waals surface area contributed by atoms with Crippen molar-refractivity contribution in [2.75, 3.05) is 38.7 Å². The van der Waals surface area contributed by atoms with Gasteiger partial charge >= 0.3 is 5.69 Å². The quantitative estimate of drug-likeness (QED) is 0.0923. The van der Waals surface area contributed by atoms with Gasteiger partial charge in [-0.2, -0.15) is 5.10 Å². The van der Waals surface area contributed by atoms with Gasteiger partial charge in [0.05, 0.1) is 22.8 Å². The number of benzene rings is 1. The first-order chi connectivity index (χ1) is 28.0. The molecule has 1 saturated heterocycles. The van der Waals surface area contributed by atoms with Gasteiger partial charge in [0.2, 0.25) is 17.7 Å². The molecule has 15 nitrogen and oxygen atoms in total. The van der Waals surface area contributed by atoms with Gasteiger partial charge < -0.3 is 19.4 Å². The number of hydrogen-bond acceptors (Lipinski definition) is 10. The third kappa shape index (κ3) is 9.10. The number of pyridine rings is 1. The van der Waals surface area contributed by atoms with Crippen LogP contribution in [0.5, 0.6) is 0 Å². The third-order valence-corrected chi connectivity index (χ3v) is 11.1. The Morgan fingerprint density at radius 3 is 2.66 bits per heavy atom. The number of halogens is 2. The van der Waals surface area contributed by atoms with E-state index in [0.717, 1.165) is 68.4 Å². The number of carbonyl (C=O) groups excluding carboxylic acids is 3. The molecular weight excluding hydrogens is 753 g/mol. The highest BCUT2D eigenvalue weighted by Gasteiger charge is 2.32. The van der Waals surface area contributed by atoms with E-state index in [9.17, 15) is 28.0 Å². The maximum atomic E-state index is 14.0. The number of hydrogen-bond donors (Lipinski definition) is 2. The van der Waals surface area contributed by atoms with Crippen molar-refractivity contribution in [2.24, 2.45) is 13.0 Å². The summed E-state index contributed by atoms with van der Waals surface area (Å²) in [5.41, 5.74) is 3.06. The zero-order valence-corrected chi connectivity index (χ0v) is 33.0. The second-order valence-electron chi connectivity index (χ2n) is 15.4. The number of aryl methyl sites for hydroxylation is 3. The summed E-state index contributed by atoms with van der Waals surface area (Å²) in [4.78, 5) is 61.1. The summed E-state index contributed by atoms with van der Waals surface area (Å²) < 4.78 is 44.2. The lowest BCUT2D eigenvalue weighted by Gasteiger charge is -2.31. The number of carbonyl (C=O) groups is 3. The maximum Gasteiger partial charge on any atom is 0.329 e. The van der Waals surface area contributed by atoms with Gasteiger partial charge in [-0.1, -0.05) is 12.1 Å². The number of rotatable bonds is 16. The predicted octanol–water partition coefficient (Wildman–Crippen LogP) is 5.77. The van der Waals surface area contributed by atoms with Gasteiger partial charge in [0.15, 0.2) is 11.4 Å². The number of aromatic nitrogens is 6. The lowest BCUT2D eigenvalue weighted by Crippen LogP contribution is -2.44. The number of para-hydroxylation sites is 1. The summed E-state index contributed by atoms with van der Waals surface area (Å²) >= 11 is 0. The standard InChI is InChI=1S/C41H49F2N9O6/c1-25-21-28(16-17-44-25)40-46-31(24-58-40)38(54)45-30-23-51(48-35(30)37(42)43)29-12-10-26(11-13-29)22-49(2)18-6-20-57-19-5-8-27-7-4-9-32-36(27)50(3)41(56)52(32)33-14-15-34(53)47-39(33)55/h4,7,9,16-17,21,23-24,26,29,33,37H,5-6,8,10-15,18-20,22H2,1-3H3,(H,45,54)(H,47,53,55). The van der Waals surface area contributed by atoms with Gasteiger partial charge in [0.25, 0.3) is 12.3 Å². The molecule has 1 atom stereocenters. The number of imidazole rings is 1. The zero-order chi connectivity index (χ0) is 40.9. The van der Waals surface area contributed by atoms with Crippen LogP contribution in [0.15, 0.2) is 58.2 Å². The number of anilines is 1. The number of amides is 3. The Bertz CT molecular complexity index is 2320. The van der Waals surface area contributed by atoms with Crippen molar-refractivity contribution >= 4 is 34.4 Å². The molecule has 2 fully saturated rings. The Hall–Kier alpha value is -5.55. The van der Waals surface area contributed by atoms with Gasteiger partial charge in [-0.3, -0.25) is 38.5 Å². The van der Waals surface area contributed by atoms with Crippen LogP contribution in [0.2, 0.25) is 0 Å². The average Bonchev–Trinajstić information content (AvgIpc) is 3.93. The van der Waals surface area contributed by atoms with E-state index in [2.05, 4.69) is 37.6 Å². The number of piperidine rings is 1. The lowest BCUT2D eigenvalue weighted by molar-refractivity contribution is -0.135. The number of nitrogens with zero attached hydrogens (tertiary/aromatic N) is 7. The molecule has 0 spiro atoms. The van der Waals surface area contributed by atoms with Crippen molar-refractivity contribution in [3.05, 3.63) is 82.1 Å². The molecule has 0 radical (unpaired) electrons. The smallest absolute Gasteiger partial charge is 0.329 e.